The van der Waals surface area contributed by atoms with Gasteiger partial charge < -0.3 is 4.90 Å². The van der Waals surface area contributed by atoms with E-state index < -0.39 is 10.0 Å². The number of benzene rings is 1. The van der Waals surface area contributed by atoms with Crippen LogP contribution in [0.15, 0.2) is 39.9 Å². The molecule has 116 valence electrons. The molecule has 0 unspecified atom stereocenters. The molecule has 0 fully saturated rings. The number of carbonyl (C=O) groups is 1. The smallest absolute Gasteiger partial charge is 0.243 e. The van der Waals surface area contributed by atoms with Crippen LogP contribution in [0.25, 0.3) is 0 Å². The van der Waals surface area contributed by atoms with Crippen LogP contribution >= 0.6 is 11.3 Å². The number of amides is 1. The van der Waals surface area contributed by atoms with Gasteiger partial charge in [-0.3, -0.25) is 4.79 Å². The van der Waals surface area contributed by atoms with E-state index in [0.29, 0.717) is 6.54 Å². The second-order valence-corrected chi connectivity index (χ2v) is 8.14. The molecule has 1 aliphatic heterocycles. The first-order valence-corrected chi connectivity index (χ1v) is 9.15. The molecule has 2 heterocycles. The molecule has 7 heteroatoms. The van der Waals surface area contributed by atoms with Gasteiger partial charge in [0.15, 0.2) is 0 Å². The molecule has 0 aliphatic carbocycles. The van der Waals surface area contributed by atoms with E-state index in [1.807, 2.05) is 16.8 Å². The largest absolute Gasteiger partial charge is 0.315 e. The predicted molar refractivity (Wildman–Crippen MR) is 86.5 cm³/mol. The summed E-state index contributed by atoms with van der Waals surface area (Å²) in [6.45, 7) is 0.335. The highest BCUT2D eigenvalue weighted by Crippen LogP contribution is 2.30. The third-order valence-corrected chi connectivity index (χ3v) is 6.35. The van der Waals surface area contributed by atoms with E-state index in [9.17, 15) is 13.2 Å². The number of rotatable bonds is 4. The van der Waals surface area contributed by atoms with Crippen LogP contribution in [-0.2, 0) is 27.8 Å². The summed E-state index contributed by atoms with van der Waals surface area (Å²) in [5.74, 6) is -0.0174. The molecule has 0 saturated carbocycles. The summed E-state index contributed by atoms with van der Waals surface area (Å²) in [5, 5.41) is 3.86. The molecule has 0 saturated heterocycles. The number of sulfonamides is 1. The molecule has 0 N–H and O–H groups in total. The summed E-state index contributed by atoms with van der Waals surface area (Å²) in [6.07, 6.45) is 0.253. The van der Waals surface area contributed by atoms with Gasteiger partial charge in [0.2, 0.25) is 15.9 Å². The lowest BCUT2D eigenvalue weighted by molar-refractivity contribution is -0.117. The lowest BCUT2D eigenvalue weighted by atomic mass is 10.2. The Morgan fingerprint density at radius 1 is 1.32 bits per heavy atom. The van der Waals surface area contributed by atoms with Gasteiger partial charge in [0, 0.05) is 26.3 Å². The van der Waals surface area contributed by atoms with Crippen molar-refractivity contribution in [1.29, 1.82) is 0 Å². The maximum absolute atomic E-state index is 12.7. The Morgan fingerprint density at radius 2 is 2.09 bits per heavy atom. The maximum atomic E-state index is 12.7. The van der Waals surface area contributed by atoms with Crippen LogP contribution in [0, 0.1) is 0 Å². The number of thiophene rings is 1. The number of fused-ring (bicyclic) bond motifs is 1. The summed E-state index contributed by atoms with van der Waals surface area (Å²) in [4.78, 5) is 13.5. The second kappa shape index (κ2) is 5.49. The molecule has 0 radical (unpaired) electrons. The molecule has 0 atom stereocenters. The summed E-state index contributed by atoms with van der Waals surface area (Å²) in [6, 6.07) is 6.78. The molecule has 0 spiro atoms. The van der Waals surface area contributed by atoms with Gasteiger partial charge >= 0.3 is 0 Å². The van der Waals surface area contributed by atoms with Crippen molar-refractivity contribution in [2.24, 2.45) is 0 Å². The first-order chi connectivity index (χ1) is 10.4. The highest BCUT2D eigenvalue weighted by Gasteiger charge is 2.27. The van der Waals surface area contributed by atoms with Gasteiger partial charge in [-0.15, -0.1) is 0 Å². The Balaban J connectivity index is 1.90. The van der Waals surface area contributed by atoms with Gasteiger partial charge in [-0.25, -0.2) is 8.42 Å². The summed E-state index contributed by atoms with van der Waals surface area (Å²) in [5.41, 5.74) is 2.51. The molecule has 1 aliphatic rings. The van der Waals surface area contributed by atoms with E-state index in [4.69, 9.17) is 0 Å². The maximum Gasteiger partial charge on any atom is 0.243 e. The van der Waals surface area contributed by atoms with Crippen LogP contribution in [0.3, 0.4) is 0 Å². The summed E-state index contributed by atoms with van der Waals surface area (Å²) < 4.78 is 26.6. The van der Waals surface area contributed by atoms with Crippen molar-refractivity contribution >= 4 is 33.0 Å². The average molecular weight is 336 g/mol. The van der Waals surface area contributed by atoms with Crippen LogP contribution in [0.2, 0.25) is 0 Å². The van der Waals surface area contributed by atoms with Crippen molar-refractivity contribution in [3.63, 3.8) is 0 Å². The van der Waals surface area contributed by atoms with E-state index in [1.54, 1.807) is 48.5 Å². The van der Waals surface area contributed by atoms with Crippen LogP contribution in [-0.4, -0.2) is 32.7 Å². The number of anilines is 1. The standard InChI is InChI=1S/C15H16N2O3S2/c1-16(9-11-5-6-21-10-11)22(19,20)13-3-4-14-12(7-13)8-15(18)17(14)2/h3-7,10H,8-9H2,1-2H3. The third-order valence-electron chi connectivity index (χ3n) is 3.82. The fraction of sp³-hybridized carbons (Fsp3) is 0.267. The fourth-order valence-electron chi connectivity index (χ4n) is 2.51. The van der Waals surface area contributed by atoms with E-state index in [-0.39, 0.29) is 17.2 Å². The predicted octanol–water partition coefficient (Wildman–Crippen LogP) is 2.09. The Hall–Kier alpha value is -1.70. The third kappa shape index (κ3) is 2.55. The summed E-state index contributed by atoms with van der Waals surface area (Å²) >= 11 is 1.54. The van der Waals surface area contributed by atoms with Crippen molar-refractivity contribution in [2.75, 3.05) is 19.0 Å². The first-order valence-electron chi connectivity index (χ1n) is 6.76. The molecule has 5 nitrogen and oxygen atoms in total. The van der Waals surface area contributed by atoms with E-state index in [1.165, 1.54) is 4.31 Å². The highest BCUT2D eigenvalue weighted by molar-refractivity contribution is 7.89. The van der Waals surface area contributed by atoms with Crippen LogP contribution < -0.4 is 4.90 Å². The van der Waals surface area contributed by atoms with Crippen molar-refractivity contribution in [1.82, 2.24) is 4.31 Å². The zero-order valence-corrected chi connectivity index (χ0v) is 13.9. The lowest BCUT2D eigenvalue weighted by Gasteiger charge is -2.17. The Kier molecular flexibility index (Phi) is 3.80. The minimum Gasteiger partial charge on any atom is -0.315 e. The number of nitrogens with zero attached hydrogens (tertiary/aromatic N) is 2. The van der Waals surface area contributed by atoms with Crippen LogP contribution in [0.4, 0.5) is 5.69 Å². The monoisotopic (exact) mass is 336 g/mol. The van der Waals surface area contributed by atoms with E-state index in [0.717, 1.165) is 16.8 Å². The Labute approximate surface area is 133 Å². The lowest BCUT2D eigenvalue weighted by Crippen LogP contribution is -2.26. The normalized spacial score (nSPS) is 14.7. The number of hydrogen-bond donors (Lipinski definition) is 0. The SMILES string of the molecule is CN1C(=O)Cc2cc(S(=O)(=O)N(C)Cc3ccsc3)ccc21. The Bertz CT molecular complexity index is 813. The van der Waals surface area contributed by atoms with E-state index >= 15 is 0 Å². The molecule has 22 heavy (non-hydrogen) atoms. The van der Waals surface area contributed by atoms with Crippen molar-refractivity contribution < 1.29 is 13.2 Å². The molecule has 2 aromatic rings. The molecule has 3 rings (SSSR count). The zero-order chi connectivity index (χ0) is 15.9. The minimum atomic E-state index is -3.56. The molecular formula is C15H16N2O3S2. The van der Waals surface area contributed by atoms with Gasteiger partial charge in [0.1, 0.15) is 0 Å². The van der Waals surface area contributed by atoms with Gasteiger partial charge in [0.05, 0.1) is 11.3 Å². The average Bonchev–Trinajstić information content (AvgIpc) is 3.08. The molecule has 1 aromatic carbocycles. The fourth-order valence-corrected chi connectivity index (χ4v) is 4.38. The van der Waals surface area contributed by atoms with Gasteiger partial charge in [-0.2, -0.15) is 15.6 Å². The number of carbonyl (C=O) groups excluding carboxylic acids is 1. The Morgan fingerprint density at radius 3 is 2.77 bits per heavy atom. The van der Waals surface area contributed by atoms with E-state index in [2.05, 4.69) is 0 Å². The van der Waals surface area contributed by atoms with Gasteiger partial charge in [-0.1, -0.05) is 0 Å². The second-order valence-electron chi connectivity index (χ2n) is 5.31. The first kappa shape index (κ1) is 15.2. The quantitative estimate of drug-likeness (QED) is 0.859. The van der Waals surface area contributed by atoms with Crippen molar-refractivity contribution in [3.05, 3.63) is 46.2 Å². The van der Waals surface area contributed by atoms with Crippen LogP contribution in [0.5, 0.6) is 0 Å². The van der Waals surface area contributed by atoms with Crippen molar-refractivity contribution in [3.8, 4) is 0 Å². The zero-order valence-electron chi connectivity index (χ0n) is 12.3. The topological polar surface area (TPSA) is 57.7 Å². The number of hydrogen-bond acceptors (Lipinski definition) is 4. The highest BCUT2D eigenvalue weighted by atomic mass is 32.2. The minimum absolute atomic E-state index is 0.0174. The molecule has 1 amide bonds. The van der Waals surface area contributed by atoms with Gasteiger partial charge in [0.25, 0.3) is 0 Å². The molecule has 1 aromatic heterocycles. The summed E-state index contributed by atoms with van der Waals surface area (Å²) in [7, 11) is -0.297. The molecule has 0 bridgehead atoms. The number of likely N-dealkylation sites (N-methyl/N-ethyl adjacent to an activating group) is 1. The van der Waals surface area contributed by atoms with Crippen LogP contribution in [0.1, 0.15) is 11.1 Å². The van der Waals surface area contributed by atoms with Crippen molar-refractivity contribution in [2.45, 2.75) is 17.9 Å². The van der Waals surface area contributed by atoms with Gasteiger partial charge in [-0.05, 0) is 46.2 Å². The molecular weight excluding hydrogens is 320 g/mol.